The lowest BCUT2D eigenvalue weighted by Crippen LogP contribution is -2.15. The molecule has 1 amide bonds. The minimum absolute atomic E-state index is 0.0910. The normalized spacial score (nSPS) is 11.9. The van der Waals surface area contributed by atoms with Crippen LogP contribution in [0.3, 0.4) is 0 Å². The molecular weight excluding hydrogens is 256 g/mol. The maximum Gasteiger partial charge on any atom is 0.307 e. The molecule has 1 unspecified atom stereocenters. The van der Waals surface area contributed by atoms with Crippen LogP contribution in [0.25, 0.3) is 0 Å². The number of hydrogen-bond donors (Lipinski definition) is 3. The van der Waals surface area contributed by atoms with Crippen molar-refractivity contribution in [1.29, 1.82) is 0 Å². The molecule has 0 heterocycles. The van der Waals surface area contributed by atoms with Gasteiger partial charge in [0, 0.05) is 12.1 Å². The van der Waals surface area contributed by atoms with Crippen molar-refractivity contribution in [3.8, 4) is 0 Å². The molecule has 0 aliphatic rings. The lowest BCUT2D eigenvalue weighted by Gasteiger charge is -2.12. The Hall–Kier alpha value is -1.88. The fraction of sp³-hybridized carbons (Fsp3) is 0.467. The Balaban J connectivity index is 2.55. The summed E-state index contributed by atoms with van der Waals surface area (Å²) in [5.74, 6) is -0.588. The first-order valence-electron chi connectivity index (χ1n) is 6.82. The number of benzene rings is 1. The van der Waals surface area contributed by atoms with Crippen molar-refractivity contribution in [2.24, 2.45) is 11.7 Å². The number of hydrogen-bond acceptors (Lipinski definition) is 3. The average Bonchev–Trinajstić information content (AvgIpc) is 2.38. The molecule has 0 aliphatic carbocycles. The number of nitrogens with one attached hydrogen (secondary N) is 1. The summed E-state index contributed by atoms with van der Waals surface area (Å²) >= 11 is 0. The van der Waals surface area contributed by atoms with Crippen LogP contribution in [0.4, 0.5) is 5.69 Å². The van der Waals surface area contributed by atoms with Gasteiger partial charge in [0.2, 0.25) is 5.91 Å². The molecule has 0 saturated carbocycles. The van der Waals surface area contributed by atoms with Crippen LogP contribution >= 0.6 is 0 Å². The number of amides is 1. The Morgan fingerprint density at radius 3 is 2.65 bits per heavy atom. The highest BCUT2D eigenvalue weighted by Crippen LogP contribution is 2.17. The van der Waals surface area contributed by atoms with E-state index in [1.807, 2.05) is 0 Å². The minimum atomic E-state index is -0.914. The van der Waals surface area contributed by atoms with E-state index in [2.05, 4.69) is 12.2 Å². The van der Waals surface area contributed by atoms with Crippen LogP contribution in [0.5, 0.6) is 0 Å². The number of para-hydroxylation sites is 1. The minimum Gasteiger partial charge on any atom is -0.481 e. The fourth-order valence-corrected chi connectivity index (χ4v) is 1.98. The van der Waals surface area contributed by atoms with Crippen molar-refractivity contribution in [3.63, 3.8) is 0 Å². The van der Waals surface area contributed by atoms with Gasteiger partial charge in [0.1, 0.15) is 0 Å². The summed E-state index contributed by atoms with van der Waals surface area (Å²) in [6.07, 6.45) is 2.01. The number of carboxylic acids is 1. The van der Waals surface area contributed by atoms with Gasteiger partial charge in [0.05, 0.1) is 6.42 Å². The van der Waals surface area contributed by atoms with E-state index in [0.717, 1.165) is 12.8 Å². The van der Waals surface area contributed by atoms with E-state index in [4.69, 9.17) is 10.8 Å². The van der Waals surface area contributed by atoms with Crippen molar-refractivity contribution in [1.82, 2.24) is 0 Å². The third-order valence-electron chi connectivity index (χ3n) is 3.16. The zero-order valence-electron chi connectivity index (χ0n) is 11.8. The molecule has 1 atom stereocenters. The predicted octanol–water partition coefficient (Wildman–Crippen LogP) is 2.02. The molecule has 0 aromatic heterocycles. The zero-order valence-corrected chi connectivity index (χ0v) is 11.8. The molecule has 0 aliphatic heterocycles. The summed E-state index contributed by atoms with van der Waals surface area (Å²) in [6.45, 7) is 2.70. The fourth-order valence-electron chi connectivity index (χ4n) is 1.98. The lowest BCUT2D eigenvalue weighted by molar-refractivity contribution is -0.136. The van der Waals surface area contributed by atoms with Crippen LogP contribution in [0.15, 0.2) is 24.3 Å². The third-order valence-corrected chi connectivity index (χ3v) is 3.16. The van der Waals surface area contributed by atoms with E-state index in [0.29, 0.717) is 30.1 Å². The van der Waals surface area contributed by atoms with Crippen molar-refractivity contribution >= 4 is 17.6 Å². The second-order valence-corrected chi connectivity index (χ2v) is 5.00. The lowest BCUT2D eigenvalue weighted by atomic mass is 10.0. The van der Waals surface area contributed by atoms with Gasteiger partial charge in [0.25, 0.3) is 0 Å². The maximum absolute atomic E-state index is 11.9. The molecule has 0 fully saturated rings. The van der Waals surface area contributed by atoms with Crippen LogP contribution in [-0.2, 0) is 16.0 Å². The smallest absolute Gasteiger partial charge is 0.307 e. The Labute approximate surface area is 119 Å². The van der Waals surface area contributed by atoms with Gasteiger partial charge in [-0.25, -0.2) is 0 Å². The van der Waals surface area contributed by atoms with Crippen LogP contribution in [-0.4, -0.2) is 23.5 Å². The van der Waals surface area contributed by atoms with E-state index in [9.17, 15) is 9.59 Å². The first kappa shape index (κ1) is 16.2. The molecular formula is C15H22N2O3. The SMILES string of the molecule is CC(CCN)CCC(=O)Nc1ccccc1CC(=O)O. The summed E-state index contributed by atoms with van der Waals surface area (Å²) in [5.41, 5.74) is 6.66. The number of carbonyl (C=O) groups excluding carboxylic acids is 1. The quantitative estimate of drug-likeness (QED) is 0.678. The topological polar surface area (TPSA) is 92.4 Å². The van der Waals surface area contributed by atoms with E-state index in [1.54, 1.807) is 24.3 Å². The molecule has 0 spiro atoms. The molecule has 0 bridgehead atoms. The van der Waals surface area contributed by atoms with Crippen LogP contribution in [0.1, 0.15) is 31.7 Å². The summed E-state index contributed by atoms with van der Waals surface area (Å²) in [7, 11) is 0. The maximum atomic E-state index is 11.9. The molecule has 5 nitrogen and oxygen atoms in total. The highest BCUT2D eigenvalue weighted by molar-refractivity contribution is 5.92. The molecule has 5 heteroatoms. The Bertz CT molecular complexity index is 460. The molecule has 4 N–H and O–H groups in total. The Kier molecular flexibility index (Phi) is 6.73. The van der Waals surface area contributed by atoms with Crippen LogP contribution in [0, 0.1) is 5.92 Å². The van der Waals surface area contributed by atoms with Crippen molar-refractivity contribution in [2.75, 3.05) is 11.9 Å². The predicted molar refractivity (Wildman–Crippen MR) is 78.5 cm³/mol. The van der Waals surface area contributed by atoms with Gasteiger partial charge in [-0.05, 0) is 36.9 Å². The van der Waals surface area contributed by atoms with Crippen molar-refractivity contribution in [2.45, 2.75) is 32.6 Å². The number of aliphatic carboxylic acids is 1. The van der Waals surface area contributed by atoms with Gasteiger partial charge >= 0.3 is 5.97 Å². The summed E-state index contributed by atoms with van der Waals surface area (Å²) < 4.78 is 0. The van der Waals surface area contributed by atoms with E-state index >= 15 is 0 Å². The standard InChI is InChI=1S/C15H22N2O3/c1-11(8-9-16)6-7-14(18)17-13-5-3-2-4-12(13)10-15(19)20/h2-5,11H,6-10,16H2,1H3,(H,17,18)(H,19,20). The second kappa shape index (κ2) is 8.32. The first-order valence-corrected chi connectivity index (χ1v) is 6.82. The van der Waals surface area contributed by atoms with Crippen LogP contribution < -0.4 is 11.1 Å². The Morgan fingerprint density at radius 2 is 2.00 bits per heavy atom. The number of nitrogens with two attached hydrogens (primary N) is 1. The number of carbonyl (C=O) groups is 2. The van der Waals surface area contributed by atoms with E-state index < -0.39 is 5.97 Å². The summed E-state index contributed by atoms with van der Waals surface area (Å²) in [4.78, 5) is 22.6. The molecule has 20 heavy (non-hydrogen) atoms. The van der Waals surface area contributed by atoms with Gasteiger partial charge in [-0.15, -0.1) is 0 Å². The van der Waals surface area contributed by atoms with Crippen molar-refractivity contribution in [3.05, 3.63) is 29.8 Å². The van der Waals surface area contributed by atoms with Crippen LogP contribution in [0.2, 0.25) is 0 Å². The number of rotatable bonds is 8. The molecule has 1 aromatic rings. The highest BCUT2D eigenvalue weighted by Gasteiger charge is 2.10. The molecule has 1 aromatic carbocycles. The number of anilines is 1. The van der Waals surface area contributed by atoms with E-state index in [1.165, 1.54) is 0 Å². The average molecular weight is 278 g/mol. The second-order valence-electron chi connectivity index (χ2n) is 5.00. The molecule has 110 valence electrons. The third kappa shape index (κ3) is 5.84. The monoisotopic (exact) mass is 278 g/mol. The Morgan fingerprint density at radius 1 is 1.30 bits per heavy atom. The number of carboxylic acid groups (broad SMARTS) is 1. The molecule has 0 saturated heterocycles. The van der Waals surface area contributed by atoms with E-state index in [-0.39, 0.29) is 12.3 Å². The largest absolute Gasteiger partial charge is 0.481 e. The molecule has 1 rings (SSSR count). The molecule has 0 radical (unpaired) electrons. The first-order chi connectivity index (χ1) is 9.52. The van der Waals surface area contributed by atoms with Gasteiger partial charge < -0.3 is 16.2 Å². The zero-order chi connectivity index (χ0) is 15.0. The van der Waals surface area contributed by atoms with Gasteiger partial charge in [-0.3, -0.25) is 9.59 Å². The summed E-state index contributed by atoms with van der Waals surface area (Å²) in [5, 5.41) is 11.6. The van der Waals surface area contributed by atoms with Crippen molar-refractivity contribution < 1.29 is 14.7 Å². The van der Waals surface area contributed by atoms with Gasteiger partial charge in [-0.2, -0.15) is 0 Å². The van der Waals surface area contributed by atoms with Gasteiger partial charge in [-0.1, -0.05) is 25.1 Å². The van der Waals surface area contributed by atoms with Gasteiger partial charge in [0.15, 0.2) is 0 Å². The summed E-state index contributed by atoms with van der Waals surface area (Å²) in [6, 6.07) is 6.97. The highest BCUT2D eigenvalue weighted by atomic mass is 16.4.